The van der Waals surface area contributed by atoms with Gasteiger partial charge in [0, 0.05) is 6.42 Å². The summed E-state index contributed by atoms with van der Waals surface area (Å²) >= 11 is 3.43. The minimum Gasteiger partial charge on any atom is -0.493 e. The van der Waals surface area contributed by atoms with E-state index in [4.69, 9.17) is 18.9 Å². The molecule has 6 nitrogen and oxygen atoms in total. The number of esters is 1. The van der Waals surface area contributed by atoms with E-state index in [9.17, 15) is 9.59 Å². The number of hydrogen-bond donors (Lipinski definition) is 0. The van der Waals surface area contributed by atoms with E-state index >= 15 is 0 Å². The number of ether oxygens (including phenoxy) is 4. The van der Waals surface area contributed by atoms with Crippen LogP contribution in [0, 0.1) is 5.92 Å². The van der Waals surface area contributed by atoms with Crippen LogP contribution in [0.2, 0.25) is 0 Å². The number of fused-ring (bicyclic) bond motifs is 1. The Hall–Kier alpha value is -1.86. The molecule has 4 atom stereocenters. The number of halogens is 1. The van der Waals surface area contributed by atoms with Crippen molar-refractivity contribution in [3.63, 3.8) is 0 Å². The van der Waals surface area contributed by atoms with Gasteiger partial charge in [-0.25, -0.2) is 4.79 Å². The van der Waals surface area contributed by atoms with Crippen LogP contribution in [0.25, 0.3) is 0 Å². The highest BCUT2D eigenvalue weighted by Crippen LogP contribution is 2.36. The summed E-state index contributed by atoms with van der Waals surface area (Å²) in [5, 5.41) is 0. The molecule has 31 heavy (non-hydrogen) atoms. The van der Waals surface area contributed by atoms with Crippen LogP contribution in [0.4, 0.5) is 0 Å². The monoisotopic (exact) mass is 492 g/mol. The largest absolute Gasteiger partial charge is 0.493 e. The molecule has 2 aliphatic carbocycles. The van der Waals surface area contributed by atoms with E-state index in [-0.39, 0.29) is 41.7 Å². The lowest BCUT2D eigenvalue weighted by Gasteiger charge is -2.37. The van der Waals surface area contributed by atoms with E-state index in [1.54, 1.807) is 13.0 Å². The number of para-hydroxylation sites is 1. The van der Waals surface area contributed by atoms with Crippen molar-refractivity contribution in [2.45, 2.75) is 82.7 Å². The van der Waals surface area contributed by atoms with Gasteiger partial charge in [-0.1, -0.05) is 18.6 Å². The Labute approximate surface area is 191 Å². The number of benzene rings is 1. The van der Waals surface area contributed by atoms with E-state index < -0.39 is 6.10 Å². The van der Waals surface area contributed by atoms with Crippen molar-refractivity contribution in [2.75, 3.05) is 0 Å². The van der Waals surface area contributed by atoms with E-state index in [1.165, 1.54) is 12.7 Å². The first kappa shape index (κ1) is 22.3. The molecule has 168 valence electrons. The molecule has 1 aliphatic heterocycles. The Balaban J connectivity index is 1.30. The molecule has 0 N–H and O–H groups in total. The van der Waals surface area contributed by atoms with Gasteiger partial charge >= 0.3 is 5.97 Å². The fourth-order valence-corrected chi connectivity index (χ4v) is 4.93. The fraction of sp³-hybridized carbons (Fsp3) is 0.583. The molecule has 0 bridgehead atoms. The summed E-state index contributed by atoms with van der Waals surface area (Å²) in [7, 11) is 0. The third-order valence-corrected chi connectivity index (χ3v) is 6.95. The van der Waals surface area contributed by atoms with Crippen LogP contribution >= 0.6 is 15.9 Å². The molecule has 0 radical (unpaired) electrons. The molecule has 0 aromatic heterocycles. The highest BCUT2D eigenvalue weighted by Gasteiger charge is 2.42. The zero-order chi connectivity index (χ0) is 21.8. The maximum absolute atomic E-state index is 12.9. The number of carbonyl (C=O) groups excluding carboxylic acids is 2. The summed E-state index contributed by atoms with van der Waals surface area (Å²) in [6.07, 6.45) is 7.64. The van der Waals surface area contributed by atoms with Crippen LogP contribution < -0.4 is 4.74 Å². The Morgan fingerprint density at radius 2 is 1.87 bits per heavy atom. The number of rotatable bonds is 6. The van der Waals surface area contributed by atoms with Crippen molar-refractivity contribution in [1.82, 2.24) is 0 Å². The van der Waals surface area contributed by atoms with Gasteiger partial charge in [0.05, 0.1) is 16.5 Å². The second kappa shape index (κ2) is 10.2. The van der Waals surface area contributed by atoms with Crippen molar-refractivity contribution in [3.05, 3.63) is 40.8 Å². The van der Waals surface area contributed by atoms with Gasteiger partial charge in [0.25, 0.3) is 0 Å². The molecule has 7 heteroatoms. The molecule has 1 heterocycles. The first-order valence-corrected chi connectivity index (χ1v) is 12.0. The molecule has 1 aromatic rings. The lowest BCUT2D eigenvalue weighted by molar-refractivity contribution is -0.170. The third-order valence-electron chi connectivity index (χ3n) is 6.29. The average molecular weight is 493 g/mol. The van der Waals surface area contributed by atoms with E-state index in [0.717, 1.165) is 30.2 Å². The van der Waals surface area contributed by atoms with Crippen molar-refractivity contribution in [3.8, 4) is 5.75 Å². The van der Waals surface area contributed by atoms with Gasteiger partial charge in [-0.2, -0.15) is 0 Å². The standard InChI is InChI=1S/C24H29BrO6/c1-15(24(27)30-16-7-3-2-4-8-16)29-17-11-12-18-21(13-17)28-14-22(23(18)26)31-20-10-6-5-9-19(20)25/h5-6,9-10,14-18,21H,2-4,7-8,11-13H2,1H3. The van der Waals surface area contributed by atoms with Crippen molar-refractivity contribution in [1.29, 1.82) is 0 Å². The van der Waals surface area contributed by atoms with E-state index in [0.29, 0.717) is 25.0 Å². The first-order valence-electron chi connectivity index (χ1n) is 11.2. The summed E-state index contributed by atoms with van der Waals surface area (Å²) in [6, 6.07) is 7.38. The molecule has 1 aromatic carbocycles. The minimum atomic E-state index is -0.618. The third kappa shape index (κ3) is 5.50. The Morgan fingerprint density at radius 1 is 1.10 bits per heavy atom. The van der Waals surface area contributed by atoms with Gasteiger partial charge in [0.1, 0.15) is 24.2 Å². The molecular weight excluding hydrogens is 464 g/mol. The SMILES string of the molecule is CC(OC1CCC2C(=O)C(Oc3ccccc3Br)=COC2C1)C(=O)OC1CCCCC1. The predicted octanol–water partition coefficient (Wildman–Crippen LogP) is 5.09. The van der Waals surface area contributed by atoms with Crippen molar-refractivity contribution >= 4 is 27.7 Å². The molecule has 0 amide bonds. The second-order valence-corrected chi connectivity index (χ2v) is 9.42. The predicted molar refractivity (Wildman–Crippen MR) is 117 cm³/mol. The number of allylic oxidation sites excluding steroid dienone is 1. The van der Waals surface area contributed by atoms with Gasteiger partial charge in [0.2, 0.25) is 11.5 Å². The summed E-state index contributed by atoms with van der Waals surface area (Å²) in [4.78, 5) is 25.3. The van der Waals surface area contributed by atoms with Crippen LogP contribution in [0.15, 0.2) is 40.8 Å². The van der Waals surface area contributed by atoms with Crippen LogP contribution in [0.1, 0.15) is 58.3 Å². The fourth-order valence-electron chi connectivity index (χ4n) is 4.56. The van der Waals surface area contributed by atoms with Crippen LogP contribution in [-0.2, 0) is 23.8 Å². The quantitative estimate of drug-likeness (QED) is 0.515. The molecule has 3 aliphatic rings. The van der Waals surface area contributed by atoms with Crippen molar-refractivity contribution in [2.24, 2.45) is 5.92 Å². The zero-order valence-electron chi connectivity index (χ0n) is 17.8. The van der Waals surface area contributed by atoms with Crippen molar-refractivity contribution < 1.29 is 28.5 Å². The van der Waals surface area contributed by atoms with Crippen LogP contribution in [-0.4, -0.2) is 36.2 Å². The molecule has 0 saturated heterocycles. The molecule has 2 saturated carbocycles. The van der Waals surface area contributed by atoms with E-state index in [1.807, 2.05) is 18.2 Å². The zero-order valence-corrected chi connectivity index (χ0v) is 19.3. The van der Waals surface area contributed by atoms with Gasteiger partial charge in [-0.15, -0.1) is 0 Å². The molecule has 4 unspecified atom stereocenters. The summed E-state index contributed by atoms with van der Waals surface area (Å²) in [6.45, 7) is 1.74. The minimum absolute atomic E-state index is 0.0237. The van der Waals surface area contributed by atoms with Gasteiger partial charge in [-0.3, -0.25) is 4.79 Å². The van der Waals surface area contributed by atoms with Crippen LogP contribution in [0.3, 0.4) is 0 Å². The number of hydrogen-bond acceptors (Lipinski definition) is 6. The maximum Gasteiger partial charge on any atom is 0.335 e. The number of Topliss-reactive ketones (excluding diaryl/α,β-unsaturated/α-hetero) is 1. The normalized spacial score (nSPS) is 27.5. The summed E-state index contributed by atoms with van der Waals surface area (Å²) in [5.41, 5.74) is 0. The number of carbonyl (C=O) groups is 2. The first-order chi connectivity index (χ1) is 15.0. The second-order valence-electron chi connectivity index (χ2n) is 8.57. The van der Waals surface area contributed by atoms with Crippen LogP contribution in [0.5, 0.6) is 5.75 Å². The Bertz CT molecular complexity index is 831. The van der Waals surface area contributed by atoms with Gasteiger partial charge < -0.3 is 18.9 Å². The molecule has 2 fully saturated rings. The van der Waals surface area contributed by atoms with Gasteiger partial charge in [0.15, 0.2) is 6.10 Å². The highest BCUT2D eigenvalue weighted by atomic mass is 79.9. The molecule has 0 spiro atoms. The Kier molecular flexibility index (Phi) is 7.33. The smallest absolute Gasteiger partial charge is 0.335 e. The Morgan fingerprint density at radius 3 is 2.65 bits per heavy atom. The number of ketones is 1. The summed E-state index contributed by atoms with van der Waals surface area (Å²) < 4.78 is 24.0. The van der Waals surface area contributed by atoms with E-state index in [2.05, 4.69) is 15.9 Å². The average Bonchev–Trinajstić information content (AvgIpc) is 2.78. The summed E-state index contributed by atoms with van der Waals surface area (Å²) in [5.74, 6) is 0.198. The van der Waals surface area contributed by atoms with Gasteiger partial charge in [-0.05, 0) is 73.5 Å². The molecule has 4 rings (SSSR count). The lowest BCUT2D eigenvalue weighted by Crippen LogP contribution is -2.44. The topological polar surface area (TPSA) is 71.1 Å². The lowest BCUT2D eigenvalue weighted by atomic mass is 9.80. The maximum atomic E-state index is 12.9. The highest BCUT2D eigenvalue weighted by molar-refractivity contribution is 9.10. The molecular formula is C24H29BrO6.